The molecule has 1 aromatic carbocycles. The van der Waals surface area contributed by atoms with E-state index < -0.39 is 42.0 Å². The van der Waals surface area contributed by atoms with Gasteiger partial charge < -0.3 is 37.1 Å². The first kappa shape index (κ1) is 28.8. The van der Waals surface area contributed by atoms with Crippen molar-refractivity contribution in [2.75, 3.05) is 13.1 Å². The number of imidazole rings is 1. The van der Waals surface area contributed by atoms with Crippen LogP contribution in [0.5, 0.6) is 0 Å². The van der Waals surface area contributed by atoms with E-state index in [1.54, 1.807) is 30.5 Å². The van der Waals surface area contributed by atoms with Crippen molar-refractivity contribution in [2.24, 2.45) is 11.5 Å². The number of amides is 3. The van der Waals surface area contributed by atoms with E-state index in [0.717, 1.165) is 5.56 Å². The first-order chi connectivity index (χ1) is 18.3. The van der Waals surface area contributed by atoms with E-state index in [-0.39, 0.29) is 25.2 Å². The summed E-state index contributed by atoms with van der Waals surface area (Å²) < 4.78 is 0. The molecule has 2 heterocycles. The summed E-state index contributed by atoms with van der Waals surface area (Å²) >= 11 is 0. The average Bonchev–Trinajstić information content (AvgIpc) is 3.60. The molecule has 12 heteroatoms. The monoisotopic (exact) mass is 527 g/mol. The van der Waals surface area contributed by atoms with Gasteiger partial charge in [0.15, 0.2) is 0 Å². The number of likely N-dealkylation sites (tertiary alicyclic amines) is 1. The Morgan fingerprint density at radius 3 is 2.53 bits per heavy atom. The summed E-state index contributed by atoms with van der Waals surface area (Å²) in [5, 5.41) is 15.0. The third-order valence-electron chi connectivity index (χ3n) is 6.63. The maximum Gasteiger partial charge on any atom is 0.326 e. The number of carboxylic acids is 1. The molecule has 0 spiro atoms. The summed E-state index contributed by atoms with van der Waals surface area (Å²) in [6.45, 7) is 0.808. The predicted molar refractivity (Wildman–Crippen MR) is 140 cm³/mol. The molecule has 12 nitrogen and oxygen atoms in total. The van der Waals surface area contributed by atoms with Gasteiger partial charge in [0.1, 0.15) is 18.1 Å². The van der Waals surface area contributed by atoms with E-state index in [1.165, 1.54) is 11.2 Å². The number of nitrogens with two attached hydrogens (primary N) is 2. The van der Waals surface area contributed by atoms with Crippen LogP contribution in [-0.4, -0.2) is 80.9 Å². The molecule has 0 radical (unpaired) electrons. The topological polar surface area (TPSA) is 197 Å². The molecule has 3 amide bonds. The van der Waals surface area contributed by atoms with Gasteiger partial charge in [-0.3, -0.25) is 14.4 Å². The van der Waals surface area contributed by atoms with Gasteiger partial charge in [-0.1, -0.05) is 30.3 Å². The molecule has 2 aromatic rings. The third-order valence-corrected chi connectivity index (χ3v) is 6.63. The molecule has 1 fully saturated rings. The Hall–Kier alpha value is -3.77. The lowest BCUT2D eigenvalue weighted by atomic mass is 10.0. The fourth-order valence-electron chi connectivity index (χ4n) is 4.59. The van der Waals surface area contributed by atoms with E-state index in [0.29, 0.717) is 44.5 Å². The molecule has 1 saturated heterocycles. The highest BCUT2D eigenvalue weighted by atomic mass is 16.4. The summed E-state index contributed by atoms with van der Waals surface area (Å²) in [6, 6.07) is 5.23. The summed E-state index contributed by atoms with van der Waals surface area (Å²) in [5.41, 5.74) is 13.2. The summed E-state index contributed by atoms with van der Waals surface area (Å²) in [4.78, 5) is 59.6. The van der Waals surface area contributed by atoms with Gasteiger partial charge in [0.2, 0.25) is 17.7 Å². The van der Waals surface area contributed by atoms with Crippen molar-refractivity contribution < 1.29 is 24.3 Å². The smallest absolute Gasteiger partial charge is 0.326 e. The van der Waals surface area contributed by atoms with Crippen LogP contribution in [0.2, 0.25) is 0 Å². The van der Waals surface area contributed by atoms with Gasteiger partial charge >= 0.3 is 5.97 Å². The number of aliphatic carboxylic acids is 1. The Kier molecular flexibility index (Phi) is 10.8. The fraction of sp³-hybridized carbons (Fsp3) is 0.500. The van der Waals surface area contributed by atoms with E-state index >= 15 is 0 Å². The Balaban J connectivity index is 1.66. The number of aromatic nitrogens is 2. The van der Waals surface area contributed by atoms with Gasteiger partial charge in [-0.15, -0.1) is 0 Å². The summed E-state index contributed by atoms with van der Waals surface area (Å²) in [6.07, 6.45) is 6.01. The lowest BCUT2D eigenvalue weighted by Gasteiger charge is -2.28. The number of rotatable bonds is 14. The number of nitrogens with zero attached hydrogens (tertiary/aromatic N) is 2. The SMILES string of the molecule is NCCCCC(NC(=O)C1CCCN1C(=O)C(N)Cc1cnc[nH]1)C(=O)NC(Cc1ccccc1)C(=O)O. The number of carboxylic acid groups (broad SMARTS) is 1. The second-order valence-corrected chi connectivity index (χ2v) is 9.51. The van der Waals surface area contributed by atoms with Crippen LogP contribution in [0.3, 0.4) is 0 Å². The molecule has 38 heavy (non-hydrogen) atoms. The molecule has 8 N–H and O–H groups in total. The second-order valence-electron chi connectivity index (χ2n) is 9.51. The van der Waals surface area contributed by atoms with Gasteiger partial charge in [0.05, 0.1) is 12.4 Å². The highest BCUT2D eigenvalue weighted by molar-refractivity contribution is 5.94. The van der Waals surface area contributed by atoms with Crippen LogP contribution in [0.25, 0.3) is 0 Å². The zero-order valence-electron chi connectivity index (χ0n) is 21.3. The van der Waals surface area contributed by atoms with Gasteiger partial charge in [-0.2, -0.15) is 0 Å². The van der Waals surface area contributed by atoms with Crippen molar-refractivity contribution in [1.82, 2.24) is 25.5 Å². The van der Waals surface area contributed by atoms with E-state index in [9.17, 15) is 24.3 Å². The molecule has 1 aromatic heterocycles. The standard InChI is InChI=1S/C26H37N7O5/c27-11-5-4-9-20(23(34)32-21(26(37)38)13-17-7-2-1-3-8-17)31-24(35)22-10-6-12-33(22)25(36)19(28)14-18-15-29-16-30-18/h1-3,7-8,15-16,19-22H,4-6,9-14,27-28H2,(H,29,30)(H,31,35)(H,32,34)(H,37,38). The van der Waals surface area contributed by atoms with Gasteiger partial charge in [-0.05, 0) is 44.2 Å². The van der Waals surface area contributed by atoms with Gasteiger partial charge in [0.25, 0.3) is 0 Å². The number of benzene rings is 1. The van der Waals surface area contributed by atoms with Crippen molar-refractivity contribution in [3.63, 3.8) is 0 Å². The molecule has 1 aliphatic rings. The maximum absolute atomic E-state index is 13.3. The van der Waals surface area contributed by atoms with Crippen LogP contribution in [0, 0.1) is 0 Å². The number of carbonyl (C=O) groups excluding carboxylic acids is 3. The first-order valence-corrected chi connectivity index (χ1v) is 12.9. The molecule has 3 rings (SSSR count). The lowest BCUT2D eigenvalue weighted by molar-refractivity contribution is -0.143. The molecule has 0 saturated carbocycles. The third kappa shape index (κ3) is 8.12. The van der Waals surface area contributed by atoms with E-state index in [1.807, 2.05) is 6.07 Å². The number of H-pyrrole nitrogens is 1. The minimum absolute atomic E-state index is 0.102. The highest BCUT2D eigenvalue weighted by Crippen LogP contribution is 2.19. The van der Waals surface area contributed by atoms with Crippen molar-refractivity contribution in [2.45, 2.75) is 69.1 Å². The minimum Gasteiger partial charge on any atom is -0.480 e. The quantitative estimate of drug-likeness (QED) is 0.180. The number of unbranched alkanes of at least 4 members (excludes halogenated alkanes) is 1. The van der Waals surface area contributed by atoms with Crippen LogP contribution in [0.4, 0.5) is 0 Å². The Morgan fingerprint density at radius 2 is 1.87 bits per heavy atom. The molecule has 206 valence electrons. The molecule has 0 aliphatic carbocycles. The number of nitrogens with one attached hydrogen (secondary N) is 3. The number of hydrogen-bond donors (Lipinski definition) is 6. The lowest BCUT2D eigenvalue weighted by Crippen LogP contribution is -2.57. The summed E-state index contributed by atoms with van der Waals surface area (Å²) in [7, 11) is 0. The average molecular weight is 528 g/mol. The zero-order chi connectivity index (χ0) is 27.5. The fourth-order valence-corrected chi connectivity index (χ4v) is 4.59. The summed E-state index contributed by atoms with van der Waals surface area (Å²) in [5.74, 6) is -2.58. The van der Waals surface area contributed by atoms with Crippen molar-refractivity contribution in [1.29, 1.82) is 0 Å². The predicted octanol–water partition coefficient (Wildman–Crippen LogP) is -0.304. The van der Waals surface area contributed by atoms with Crippen LogP contribution in [-0.2, 0) is 32.0 Å². The Bertz CT molecular complexity index is 1060. The Morgan fingerprint density at radius 1 is 1.11 bits per heavy atom. The van der Waals surface area contributed by atoms with Crippen molar-refractivity contribution in [3.05, 3.63) is 54.1 Å². The van der Waals surface area contributed by atoms with Crippen LogP contribution in [0.1, 0.15) is 43.4 Å². The van der Waals surface area contributed by atoms with Crippen molar-refractivity contribution >= 4 is 23.7 Å². The molecular weight excluding hydrogens is 490 g/mol. The minimum atomic E-state index is -1.17. The van der Waals surface area contributed by atoms with Crippen molar-refractivity contribution in [3.8, 4) is 0 Å². The first-order valence-electron chi connectivity index (χ1n) is 12.9. The largest absolute Gasteiger partial charge is 0.480 e. The van der Waals surface area contributed by atoms with Gasteiger partial charge in [-0.25, -0.2) is 9.78 Å². The molecular formula is C26H37N7O5. The van der Waals surface area contributed by atoms with Crippen LogP contribution >= 0.6 is 0 Å². The van der Waals surface area contributed by atoms with Crippen LogP contribution < -0.4 is 22.1 Å². The van der Waals surface area contributed by atoms with E-state index in [4.69, 9.17) is 11.5 Å². The van der Waals surface area contributed by atoms with Gasteiger partial charge in [0, 0.05) is 31.3 Å². The van der Waals surface area contributed by atoms with E-state index in [2.05, 4.69) is 20.6 Å². The second kappa shape index (κ2) is 14.2. The zero-order valence-corrected chi connectivity index (χ0v) is 21.3. The molecule has 4 unspecified atom stereocenters. The number of carbonyl (C=O) groups is 4. The maximum atomic E-state index is 13.3. The normalized spacial score (nSPS) is 17.4. The molecule has 1 aliphatic heterocycles. The molecule has 4 atom stereocenters. The molecule has 0 bridgehead atoms. The Labute approximate surface area is 221 Å². The highest BCUT2D eigenvalue weighted by Gasteiger charge is 2.38. The number of aromatic amines is 1. The number of hydrogen-bond acceptors (Lipinski definition) is 7. The van der Waals surface area contributed by atoms with Crippen LogP contribution in [0.15, 0.2) is 42.9 Å².